The van der Waals surface area contributed by atoms with Crippen molar-refractivity contribution in [2.45, 2.75) is 38.0 Å². The Hall–Kier alpha value is -1.32. The van der Waals surface area contributed by atoms with Crippen LogP contribution in [0.15, 0.2) is 24.3 Å². The van der Waals surface area contributed by atoms with Crippen molar-refractivity contribution in [2.75, 3.05) is 5.43 Å². The molecule has 0 amide bonds. The maximum atomic E-state index is 6.01. The largest absolute Gasteiger partial charge is 0.308 e. The third-order valence-corrected chi connectivity index (χ3v) is 4.23. The number of aromatic nitrogens is 1. The van der Waals surface area contributed by atoms with Gasteiger partial charge in [0.2, 0.25) is 0 Å². The van der Waals surface area contributed by atoms with E-state index in [0.29, 0.717) is 10.9 Å². The Morgan fingerprint density at radius 1 is 1.16 bits per heavy atom. The number of hydrazine groups is 1. The molecule has 0 unspecified atom stereocenters. The number of nitrogens with two attached hydrogens (primary N) is 1. The topological polar surface area (TPSA) is 50.9 Å². The van der Waals surface area contributed by atoms with E-state index in [1.165, 1.54) is 37.7 Å². The second-order valence-corrected chi connectivity index (χ2v) is 5.68. The Bertz CT molecular complexity index is 591. The van der Waals surface area contributed by atoms with Crippen molar-refractivity contribution < 1.29 is 0 Å². The lowest BCUT2D eigenvalue weighted by Gasteiger charge is -2.24. The van der Waals surface area contributed by atoms with E-state index in [-0.39, 0.29) is 0 Å². The zero-order valence-electron chi connectivity index (χ0n) is 10.8. The molecule has 1 aliphatic rings. The van der Waals surface area contributed by atoms with Crippen LogP contribution in [-0.2, 0) is 0 Å². The number of nitrogen functional groups attached to an aromatic ring is 1. The summed E-state index contributed by atoms with van der Waals surface area (Å²) in [7, 11) is 0. The zero-order valence-corrected chi connectivity index (χ0v) is 11.6. The Labute approximate surface area is 118 Å². The molecule has 1 saturated carbocycles. The van der Waals surface area contributed by atoms with Crippen molar-refractivity contribution in [3.05, 3.63) is 34.9 Å². The van der Waals surface area contributed by atoms with Gasteiger partial charge in [0.25, 0.3) is 0 Å². The number of hydrogen-bond acceptors (Lipinski definition) is 3. The van der Waals surface area contributed by atoms with Crippen molar-refractivity contribution in [3.63, 3.8) is 0 Å². The van der Waals surface area contributed by atoms with E-state index in [1.54, 1.807) is 0 Å². The lowest BCUT2D eigenvalue weighted by Crippen LogP contribution is -2.14. The highest BCUT2D eigenvalue weighted by atomic mass is 35.5. The molecule has 0 spiro atoms. The number of halogens is 1. The minimum absolute atomic E-state index is 0.576. The van der Waals surface area contributed by atoms with Crippen LogP contribution in [0.2, 0.25) is 5.02 Å². The summed E-state index contributed by atoms with van der Waals surface area (Å²) in [6.07, 6.45) is 6.41. The second kappa shape index (κ2) is 5.35. The van der Waals surface area contributed by atoms with Gasteiger partial charge in [0.15, 0.2) is 0 Å². The van der Waals surface area contributed by atoms with Gasteiger partial charge >= 0.3 is 0 Å². The maximum absolute atomic E-state index is 6.01. The summed E-state index contributed by atoms with van der Waals surface area (Å²) in [6.45, 7) is 0. The fourth-order valence-corrected chi connectivity index (χ4v) is 3.16. The Balaban J connectivity index is 2.09. The highest BCUT2D eigenvalue weighted by molar-refractivity contribution is 6.31. The van der Waals surface area contributed by atoms with E-state index in [2.05, 4.69) is 16.5 Å². The normalized spacial score (nSPS) is 16.7. The molecule has 4 heteroatoms. The van der Waals surface area contributed by atoms with E-state index >= 15 is 0 Å². The van der Waals surface area contributed by atoms with Gasteiger partial charge in [0.05, 0.1) is 5.52 Å². The standard InChI is InChI=1S/C15H18ClN3/c16-12-7-6-11-8-13(10-4-2-1-3-5-10)15(19-17)18-14(11)9-12/h6-10H,1-5,17H2,(H,18,19). The molecule has 0 aliphatic heterocycles. The van der Waals surface area contributed by atoms with Crippen LogP contribution >= 0.6 is 11.6 Å². The molecule has 1 aliphatic carbocycles. The van der Waals surface area contributed by atoms with Crippen LogP contribution in [0, 0.1) is 0 Å². The van der Waals surface area contributed by atoms with E-state index in [9.17, 15) is 0 Å². The second-order valence-electron chi connectivity index (χ2n) is 5.24. The first-order valence-electron chi connectivity index (χ1n) is 6.85. The van der Waals surface area contributed by atoms with Gasteiger partial charge in [0, 0.05) is 10.4 Å². The predicted octanol–water partition coefficient (Wildman–Crippen LogP) is 4.22. The lowest BCUT2D eigenvalue weighted by molar-refractivity contribution is 0.444. The molecule has 2 aromatic rings. The van der Waals surface area contributed by atoms with Crippen molar-refractivity contribution in [2.24, 2.45) is 5.84 Å². The Morgan fingerprint density at radius 3 is 2.68 bits per heavy atom. The summed E-state index contributed by atoms with van der Waals surface area (Å²) in [5, 5.41) is 1.83. The minimum atomic E-state index is 0.576. The first-order valence-corrected chi connectivity index (χ1v) is 7.22. The van der Waals surface area contributed by atoms with Gasteiger partial charge in [-0.25, -0.2) is 10.8 Å². The highest BCUT2D eigenvalue weighted by Gasteiger charge is 2.19. The third-order valence-electron chi connectivity index (χ3n) is 3.99. The molecule has 1 aromatic carbocycles. The molecule has 19 heavy (non-hydrogen) atoms. The van der Waals surface area contributed by atoms with Crippen molar-refractivity contribution in [3.8, 4) is 0 Å². The molecule has 0 bridgehead atoms. The summed E-state index contributed by atoms with van der Waals surface area (Å²) in [5.74, 6) is 7.01. The molecule has 1 aromatic heterocycles. The number of fused-ring (bicyclic) bond motifs is 1. The van der Waals surface area contributed by atoms with Gasteiger partial charge in [-0.15, -0.1) is 0 Å². The average Bonchev–Trinajstić information content (AvgIpc) is 2.46. The molecular formula is C15H18ClN3. The number of nitrogens with zero attached hydrogens (tertiary/aromatic N) is 1. The number of pyridine rings is 1. The summed E-state index contributed by atoms with van der Waals surface area (Å²) in [6, 6.07) is 8.02. The van der Waals surface area contributed by atoms with Crippen LogP contribution in [-0.4, -0.2) is 4.98 Å². The van der Waals surface area contributed by atoms with E-state index in [4.69, 9.17) is 17.4 Å². The van der Waals surface area contributed by atoms with Crippen LogP contribution in [0.5, 0.6) is 0 Å². The molecule has 1 heterocycles. The number of anilines is 1. The van der Waals surface area contributed by atoms with E-state index in [0.717, 1.165) is 16.7 Å². The van der Waals surface area contributed by atoms with Gasteiger partial charge in [0.1, 0.15) is 5.82 Å². The summed E-state index contributed by atoms with van der Waals surface area (Å²) in [4.78, 5) is 4.61. The Kier molecular flexibility index (Phi) is 3.58. The van der Waals surface area contributed by atoms with Crippen LogP contribution in [0.1, 0.15) is 43.6 Å². The molecule has 3 nitrogen and oxygen atoms in total. The molecular weight excluding hydrogens is 258 g/mol. The predicted molar refractivity (Wildman–Crippen MR) is 80.4 cm³/mol. The van der Waals surface area contributed by atoms with Gasteiger partial charge in [-0.2, -0.15) is 0 Å². The molecule has 0 radical (unpaired) electrons. The zero-order chi connectivity index (χ0) is 13.2. The smallest absolute Gasteiger partial charge is 0.144 e. The average molecular weight is 276 g/mol. The fourth-order valence-electron chi connectivity index (χ4n) is 3.00. The van der Waals surface area contributed by atoms with Crippen molar-refractivity contribution in [1.29, 1.82) is 0 Å². The number of nitrogens with one attached hydrogen (secondary N) is 1. The van der Waals surface area contributed by atoms with Gasteiger partial charge in [-0.05, 0) is 42.5 Å². The first-order chi connectivity index (χ1) is 9.28. The van der Waals surface area contributed by atoms with Crippen LogP contribution < -0.4 is 11.3 Å². The summed E-state index contributed by atoms with van der Waals surface area (Å²) in [5.41, 5.74) is 4.89. The van der Waals surface area contributed by atoms with E-state index in [1.807, 2.05) is 18.2 Å². The quantitative estimate of drug-likeness (QED) is 0.637. The fraction of sp³-hybridized carbons (Fsp3) is 0.400. The summed E-state index contributed by atoms with van der Waals surface area (Å²) >= 11 is 6.01. The van der Waals surface area contributed by atoms with Crippen LogP contribution in [0.3, 0.4) is 0 Å². The molecule has 100 valence electrons. The summed E-state index contributed by atoms with van der Waals surface area (Å²) < 4.78 is 0. The SMILES string of the molecule is NNc1nc2cc(Cl)ccc2cc1C1CCCCC1. The first kappa shape index (κ1) is 12.7. The van der Waals surface area contributed by atoms with Crippen molar-refractivity contribution >= 4 is 28.3 Å². The van der Waals surface area contributed by atoms with Gasteiger partial charge in [-0.3, -0.25) is 0 Å². The maximum Gasteiger partial charge on any atom is 0.144 e. The third kappa shape index (κ3) is 2.53. The number of hydrogen-bond donors (Lipinski definition) is 2. The van der Waals surface area contributed by atoms with Crippen LogP contribution in [0.4, 0.5) is 5.82 Å². The monoisotopic (exact) mass is 275 g/mol. The Morgan fingerprint density at radius 2 is 1.95 bits per heavy atom. The number of benzene rings is 1. The van der Waals surface area contributed by atoms with Crippen LogP contribution in [0.25, 0.3) is 10.9 Å². The molecule has 0 saturated heterocycles. The van der Waals surface area contributed by atoms with Gasteiger partial charge in [-0.1, -0.05) is 36.9 Å². The minimum Gasteiger partial charge on any atom is -0.308 e. The van der Waals surface area contributed by atoms with Crippen molar-refractivity contribution in [1.82, 2.24) is 4.98 Å². The number of rotatable bonds is 2. The molecule has 3 rings (SSSR count). The highest BCUT2D eigenvalue weighted by Crippen LogP contribution is 2.37. The molecule has 1 fully saturated rings. The molecule has 3 N–H and O–H groups in total. The van der Waals surface area contributed by atoms with E-state index < -0.39 is 0 Å². The molecule has 0 atom stereocenters. The van der Waals surface area contributed by atoms with Gasteiger partial charge < -0.3 is 5.43 Å². The lowest BCUT2D eigenvalue weighted by atomic mass is 9.84.